The van der Waals surface area contributed by atoms with Crippen LogP contribution in [0.25, 0.3) is 0 Å². The molecule has 0 fully saturated rings. The Balaban J connectivity index is 2.09. The van der Waals surface area contributed by atoms with Gasteiger partial charge >= 0.3 is 0 Å². The summed E-state index contributed by atoms with van der Waals surface area (Å²) in [5.74, 6) is 0.468. The van der Waals surface area contributed by atoms with Gasteiger partial charge in [0.25, 0.3) is 5.91 Å². The standard InChI is InChI=1S/C14H16N4O2S/c1-8-12(21-9(2)16-8)13(19)18-14(15)17-10-4-6-11(20-3)7-5-10/h4-7H,1-3H3,(H3,15,17,18,19). The number of aliphatic imine (C=N–C) groups is 1. The van der Waals surface area contributed by atoms with Gasteiger partial charge in [-0.15, -0.1) is 11.3 Å². The summed E-state index contributed by atoms with van der Waals surface area (Å²) in [5.41, 5.74) is 7.06. The van der Waals surface area contributed by atoms with Crippen LogP contribution in [0.5, 0.6) is 5.75 Å². The molecule has 110 valence electrons. The first-order valence-electron chi connectivity index (χ1n) is 6.23. The van der Waals surface area contributed by atoms with E-state index in [0.29, 0.717) is 16.3 Å². The third-order valence-corrected chi connectivity index (χ3v) is 3.74. The zero-order valence-electron chi connectivity index (χ0n) is 12.0. The van der Waals surface area contributed by atoms with Crippen LogP contribution in [0.4, 0.5) is 5.69 Å². The number of guanidine groups is 1. The summed E-state index contributed by atoms with van der Waals surface area (Å²) >= 11 is 1.33. The molecule has 0 bridgehead atoms. The average molecular weight is 304 g/mol. The molecule has 0 atom stereocenters. The molecule has 0 radical (unpaired) electrons. The quantitative estimate of drug-likeness (QED) is 0.671. The monoisotopic (exact) mass is 304 g/mol. The van der Waals surface area contributed by atoms with Crippen molar-refractivity contribution in [1.82, 2.24) is 10.3 Å². The number of carbonyl (C=O) groups is 1. The van der Waals surface area contributed by atoms with Crippen LogP contribution in [0, 0.1) is 13.8 Å². The average Bonchev–Trinajstić information content (AvgIpc) is 2.78. The van der Waals surface area contributed by atoms with E-state index in [0.717, 1.165) is 10.8 Å². The predicted molar refractivity (Wildman–Crippen MR) is 83.3 cm³/mol. The number of hydrogen-bond acceptors (Lipinski definition) is 5. The number of rotatable bonds is 3. The Hall–Kier alpha value is -2.41. The molecule has 0 unspecified atom stereocenters. The Morgan fingerprint density at radius 3 is 2.52 bits per heavy atom. The van der Waals surface area contributed by atoms with Crippen molar-refractivity contribution in [1.29, 1.82) is 0 Å². The van der Waals surface area contributed by atoms with Gasteiger partial charge in [0, 0.05) is 0 Å². The first-order valence-corrected chi connectivity index (χ1v) is 7.05. The molecule has 0 aliphatic rings. The molecule has 0 saturated carbocycles. The third-order valence-electron chi connectivity index (χ3n) is 2.67. The van der Waals surface area contributed by atoms with Gasteiger partial charge in [0.15, 0.2) is 0 Å². The molecule has 2 aromatic rings. The van der Waals surface area contributed by atoms with E-state index >= 15 is 0 Å². The van der Waals surface area contributed by atoms with Gasteiger partial charge < -0.3 is 10.5 Å². The number of amides is 1. The van der Waals surface area contributed by atoms with Crippen molar-refractivity contribution < 1.29 is 9.53 Å². The number of nitrogens with zero attached hydrogens (tertiary/aromatic N) is 2. The van der Waals surface area contributed by atoms with Gasteiger partial charge in [-0.2, -0.15) is 0 Å². The molecule has 0 saturated heterocycles. The van der Waals surface area contributed by atoms with Crippen molar-refractivity contribution in [3.05, 3.63) is 39.8 Å². The van der Waals surface area contributed by atoms with Gasteiger partial charge in [-0.25, -0.2) is 9.98 Å². The Labute approximate surface area is 126 Å². The van der Waals surface area contributed by atoms with E-state index in [9.17, 15) is 4.79 Å². The first-order chi connectivity index (χ1) is 9.99. The second-order valence-corrected chi connectivity index (χ2v) is 5.50. The van der Waals surface area contributed by atoms with E-state index in [-0.39, 0.29) is 11.9 Å². The van der Waals surface area contributed by atoms with Crippen LogP contribution in [-0.2, 0) is 0 Å². The summed E-state index contributed by atoms with van der Waals surface area (Å²) in [6.45, 7) is 3.64. The summed E-state index contributed by atoms with van der Waals surface area (Å²) in [5, 5.41) is 3.39. The lowest BCUT2D eigenvalue weighted by Gasteiger charge is -2.04. The van der Waals surface area contributed by atoms with Crippen LogP contribution in [0.2, 0.25) is 0 Å². The highest BCUT2D eigenvalue weighted by Crippen LogP contribution is 2.18. The number of carbonyl (C=O) groups excluding carboxylic acids is 1. The highest BCUT2D eigenvalue weighted by Gasteiger charge is 2.14. The lowest BCUT2D eigenvalue weighted by atomic mass is 10.3. The van der Waals surface area contributed by atoms with Crippen LogP contribution in [0.1, 0.15) is 20.4 Å². The number of nitrogens with one attached hydrogen (secondary N) is 1. The van der Waals surface area contributed by atoms with Gasteiger partial charge in [0.05, 0.1) is 23.5 Å². The number of methoxy groups -OCH3 is 1. The van der Waals surface area contributed by atoms with E-state index in [2.05, 4.69) is 15.3 Å². The van der Waals surface area contributed by atoms with E-state index in [1.165, 1.54) is 11.3 Å². The fourth-order valence-corrected chi connectivity index (χ4v) is 2.55. The fourth-order valence-electron chi connectivity index (χ4n) is 1.74. The van der Waals surface area contributed by atoms with Crippen molar-refractivity contribution >= 4 is 28.9 Å². The Morgan fingerprint density at radius 1 is 1.33 bits per heavy atom. The van der Waals surface area contributed by atoms with E-state index < -0.39 is 0 Å². The molecule has 2 rings (SSSR count). The molecule has 0 spiro atoms. The molecule has 6 nitrogen and oxygen atoms in total. The zero-order chi connectivity index (χ0) is 15.4. The minimum absolute atomic E-state index is 0.0376. The van der Waals surface area contributed by atoms with Crippen LogP contribution < -0.4 is 15.8 Å². The van der Waals surface area contributed by atoms with Crippen molar-refractivity contribution in [2.45, 2.75) is 13.8 Å². The molecular formula is C14H16N4O2S. The van der Waals surface area contributed by atoms with Crippen LogP contribution in [-0.4, -0.2) is 24.0 Å². The highest BCUT2D eigenvalue weighted by molar-refractivity contribution is 7.13. The summed E-state index contributed by atoms with van der Waals surface area (Å²) < 4.78 is 5.06. The molecule has 0 aliphatic carbocycles. The minimum atomic E-state index is -0.298. The van der Waals surface area contributed by atoms with E-state index in [1.54, 1.807) is 38.3 Å². The lowest BCUT2D eigenvalue weighted by Crippen LogP contribution is -2.36. The molecule has 0 aliphatic heterocycles. The Morgan fingerprint density at radius 2 is 2.00 bits per heavy atom. The molecule has 21 heavy (non-hydrogen) atoms. The van der Waals surface area contributed by atoms with Crippen LogP contribution in [0.3, 0.4) is 0 Å². The summed E-state index contributed by atoms with van der Waals surface area (Å²) in [4.78, 5) is 20.9. The summed E-state index contributed by atoms with van der Waals surface area (Å²) in [6, 6.07) is 7.04. The van der Waals surface area contributed by atoms with Crippen LogP contribution >= 0.6 is 11.3 Å². The summed E-state index contributed by atoms with van der Waals surface area (Å²) in [7, 11) is 1.59. The van der Waals surface area contributed by atoms with E-state index in [4.69, 9.17) is 10.5 Å². The number of benzene rings is 1. The van der Waals surface area contributed by atoms with Gasteiger partial charge in [0.1, 0.15) is 10.6 Å². The SMILES string of the molecule is COc1ccc(N=C(N)NC(=O)c2sc(C)nc2C)cc1. The zero-order valence-corrected chi connectivity index (χ0v) is 12.8. The smallest absolute Gasteiger partial charge is 0.269 e. The molecule has 3 N–H and O–H groups in total. The van der Waals surface area contributed by atoms with E-state index in [1.807, 2.05) is 6.92 Å². The highest BCUT2D eigenvalue weighted by atomic mass is 32.1. The Kier molecular flexibility index (Phi) is 4.54. The van der Waals surface area contributed by atoms with Crippen molar-refractivity contribution in [3.63, 3.8) is 0 Å². The van der Waals surface area contributed by atoms with Crippen molar-refractivity contribution in [2.75, 3.05) is 7.11 Å². The van der Waals surface area contributed by atoms with Crippen molar-refractivity contribution in [3.8, 4) is 5.75 Å². The largest absolute Gasteiger partial charge is 0.497 e. The molecule has 1 aromatic heterocycles. The van der Waals surface area contributed by atoms with Crippen LogP contribution in [0.15, 0.2) is 29.3 Å². The van der Waals surface area contributed by atoms with Gasteiger partial charge in [0.2, 0.25) is 5.96 Å². The predicted octanol–water partition coefficient (Wildman–Crippen LogP) is 2.14. The number of nitrogens with two attached hydrogens (primary N) is 1. The molecule has 1 amide bonds. The minimum Gasteiger partial charge on any atom is -0.497 e. The lowest BCUT2D eigenvalue weighted by molar-refractivity contribution is 0.0980. The second kappa shape index (κ2) is 6.36. The maximum absolute atomic E-state index is 12.1. The normalized spacial score (nSPS) is 11.3. The van der Waals surface area contributed by atoms with Gasteiger partial charge in [-0.05, 0) is 38.1 Å². The van der Waals surface area contributed by atoms with Crippen molar-refractivity contribution in [2.24, 2.45) is 10.7 Å². The maximum atomic E-state index is 12.1. The number of aryl methyl sites for hydroxylation is 2. The molecular weight excluding hydrogens is 288 g/mol. The second-order valence-electron chi connectivity index (χ2n) is 4.30. The fraction of sp³-hybridized carbons (Fsp3) is 0.214. The maximum Gasteiger partial charge on any atom is 0.269 e. The number of thiazole rings is 1. The number of hydrogen-bond donors (Lipinski definition) is 2. The molecule has 1 aromatic carbocycles. The summed E-state index contributed by atoms with van der Waals surface area (Å²) in [6.07, 6.45) is 0. The number of ether oxygens (including phenoxy) is 1. The third kappa shape index (κ3) is 3.79. The van der Waals surface area contributed by atoms with Gasteiger partial charge in [-0.3, -0.25) is 10.1 Å². The topological polar surface area (TPSA) is 89.6 Å². The molecule has 7 heteroatoms. The molecule has 1 heterocycles. The Bertz CT molecular complexity index is 677. The van der Waals surface area contributed by atoms with Gasteiger partial charge in [-0.1, -0.05) is 0 Å². The first kappa shape index (κ1) is 15.0. The number of aromatic nitrogens is 1.